The van der Waals surface area contributed by atoms with E-state index in [0.29, 0.717) is 11.1 Å². The monoisotopic (exact) mass is 377 g/mol. The molecule has 1 aromatic carbocycles. The third-order valence-electron chi connectivity index (χ3n) is 4.98. The van der Waals surface area contributed by atoms with Gasteiger partial charge in [-0.3, -0.25) is 9.48 Å². The van der Waals surface area contributed by atoms with Gasteiger partial charge in [-0.2, -0.15) is 5.10 Å². The molecule has 7 nitrogen and oxygen atoms in total. The zero-order chi connectivity index (χ0) is 20.0. The maximum atomic E-state index is 12.8. The first-order valence-electron chi connectivity index (χ1n) is 8.81. The fraction of sp³-hybridized carbons (Fsp3) is 0.190. The summed E-state index contributed by atoms with van der Waals surface area (Å²) in [4.78, 5) is 24.9. The fourth-order valence-electron chi connectivity index (χ4n) is 3.52. The number of aryl methyl sites for hydroxylation is 2. The largest absolute Gasteiger partial charge is 0.478 e. The van der Waals surface area contributed by atoms with Crippen LogP contribution in [0.3, 0.4) is 0 Å². The van der Waals surface area contributed by atoms with Crippen LogP contribution in [0.4, 0.5) is 0 Å². The van der Waals surface area contributed by atoms with Crippen LogP contribution >= 0.6 is 0 Å². The number of aromatic carboxylic acids is 1. The molecule has 0 bridgehead atoms. The standard InChI is InChI=1S/C21H19N3O4/c1-12(13-7-5-4-6-8-13)15-11-23(2)20(25)16-17(21(26)27)18(28-19(15)16)14-9-22-24(3)10-14/h4-12H,1-3H3,(H,26,27). The van der Waals surface area contributed by atoms with Gasteiger partial charge in [-0.15, -0.1) is 0 Å². The number of hydrogen-bond acceptors (Lipinski definition) is 4. The second-order valence-corrected chi connectivity index (χ2v) is 6.85. The highest BCUT2D eigenvalue weighted by atomic mass is 16.4. The molecule has 1 N–H and O–H groups in total. The Morgan fingerprint density at radius 3 is 2.50 bits per heavy atom. The van der Waals surface area contributed by atoms with Gasteiger partial charge in [0.15, 0.2) is 5.76 Å². The van der Waals surface area contributed by atoms with Gasteiger partial charge in [-0.1, -0.05) is 37.3 Å². The summed E-state index contributed by atoms with van der Waals surface area (Å²) in [6, 6.07) is 9.80. The van der Waals surface area contributed by atoms with Crippen molar-refractivity contribution in [1.82, 2.24) is 14.3 Å². The summed E-state index contributed by atoms with van der Waals surface area (Å²) >= 11 is 0. The van der Waals surface area contributed by atoms with E-state index in [1.807, 2.05) is 37.3 Å². The van der Waals surface area contributed by atoms with Crippen molar-refractivity contribution in [2.24, 2.45) is 14.1 Å². The van der Waals surface area contributed by atoms with Crippen LogP contribution in [-0.4, -0.2) is 25.4 Å². The average molecular weight is 377 g/mol. The molecule has 7 heteroatoms. The van der Waals surface area contributed by atoms with Crippen molar-refractivity contribution in [2.45, 2.75) is 12.8 Å². The van der Waals surface area contributed by atoms with Gasteiger partial charge in [-0.05, 0) is 5.56 Å². The van der Waals surface area contributed by atoms with Crippen LogP contribution in [0, 0.1) is 0 Å². The van der Waals surface area contributed by atoms with Gasteiger partial charge in [-0.25, -0.2) is 4.79 Å². The Kier molecular flexibility index (Phi) is 4.15. The summed E-state index contributed by atoms with van der Waals surface area (Å²) in [7, 11) is 3.35. The van der Waals surface area contributed by atoms with Gasteiger partial charge in [0.1, 0.15) is 16.5 Å². The molecule has 0 fully saturated rings. The van der Waals surface area contributed by atoms with Crippen LogP contribution in [0.15, 0.2) is 58.1 Å². The lowest BCUT2D eigenvalue weighted by molar-refractivity contribution is 0.0699. The van der Waals surface area contributed by atoms with Crippen LogP contribution < -0.4 is 5.56 Å². The molecule has 0 spiro atoms. The second-order valence-electron chi connectivity index (χ2n) is 6.85. The summed E-state index contributed by atoms with van der Waals surface area (Å²) in [5.74, 6) is -1.16. The minimum atomic E-state index is -1.21. The van der Waals surface area contributed by atoms with E-state index < -0.39 is 11.5 Å². The van der Waals surface area contributed by atoms with Crippen molar-refractivity contribution in [3.63, 3.8) is 0 Å². The molecular weight excluding hydrogens is 358 g/mol. The third kappa shape index (κ3) is 2.72. The summed E-state index contributed by atoms with van der Waals surface area (Å²) in [5, 5.41) is 14.0. The molecule has 28 heavy (non-hydrogen) atoms. The Bertz CT molecular complexity index is 1250. The van der Waals surface area contributed by atoms with Crippen molar-refractivity contribution in [1.29, 1.82) is 0 Å². The van der Waals surface area contributed by atoms with E-state index in [0.717, 1.165) is 11.1 Å². The summed E-state index contributed by atoms with van der Waals surface area (Å²) in [5.41, 5.74) is 2.06. The van der Waals surface area contributed by atoms with Crippen molar-refractivity contribution in [2.75, 3.05) is 0 Å². The van der Waals surface area contributed by atoms with Crippen LogP contribution in [-0.2, 0) is 14.1 Å². The number of rotatable bonds is 4. The molecular formula is C21H19N3O4. The Labute approximate surface area is 160 Å². The highest BCUT2D eigenvalue weighted by Crippen LogP contribution is 2.37. The third-order valence-corrected chi connectivity index (χ3v) is 4.98. The van der Waals surface area contributed by atoms with E-state index in [1.165, 1.54) is 10.8 Å². The van der Waals surface area contributed by atoms with Crippen LogP contribution in [0.5, 0.6) is 0 Å². The topological polar surface area (TPSA) is 90.3 Å². The molecule has 0 aliphatic heterocycles. The first-order chi connectivity index (χ1) is 13.4. The van der Waals surface area contributed by atoms with Gasteiger partial charge in [0.05, 0.1) is 11.8 Å². The zero-order valence-corrected chi connectivity index (χ0v) is 15.7. The highest BCUT2D eigenvalue weighted by molar-refractivity contribution is 6.08. The van der Waals surface area contributed by atoms with E-state index in [-0.39, 0.29) is 22.6 Å². The fourth-order valence-corrected chi connectivity index (χ4v) is 3.52. The molecule has 1 atom stereocenters. The molecule has 0 saturated heterocycles. The Morgan fingerprint density at radius 2 is 1.89 bits per heavy atom. The number of carbonyl (C=O) groups is 1. The van der Waals surface area contributed by atoms with E-state index >= 15 is 0 Å². The lowest BCUT2D eigenvalue weighted by atomic mass is 9.93. The van der Waals surface area contributed by atoms with Gasteiger partial charge in [0.2, 0.25) is 0 Å². The van der Waals surface area contributed by atoms with Crippen molar-refractivity contribution >= 4 is 16.9 Å². The lowest BCUT2D eigenvalue weighted by Crippen LogP contribution is -2.19. The van der Waals surface area contributed by atoms with Crippen molar-refractivity contribution in [3.05, 3.63) is 76.0 Å². The zero-order valence-electron chi connectivity index (χ0n) is 15.7. The number of fused-ring (bicyclic) bond motifs is 1. The Morgan fingerprint density at radius 1 is 1.18 bits per heavy atom. The molecule has 0 amide bonds. The molecule has 4 rings (SSSR count). The Balaban J connectivity index is 2.07. The van der Waals surface area contributed by atoms with Gasteiger partial charge in [0.25, 0.3) is 5.56 Å². The van der Waals surface area contributed by atoms with E-state index in [2.05, 4.69) is 5.10 Å². The first-order valence-corrected chi connectivity index (χ1v) is 8.81. The molecule has 3 aromatic heterocycles. The van der Waals surface area contributed by atoms with Crippen LogP contribution in [0.1, 0.15) is 34.3 Å². The number of hydrogen-bond donors (Lipinski definition) is 1. The van der Waals surface area contributed by atoms with Crippen molar-refractivity contribution < 1.29 is 14.3 Å². The van der Waals surface area contributed by atoms with Crippen molar-refractivity contribution in [3.8, 4) is 11.3 Å². The maximum Gasteiger partial charge on any atom is 0.340 e. The normalized spacial score (nSPS) is 12.4. The molecule has 1 unspecified atom stereocenters. The van der Waals surface area contributed by atoms with Gasteiger partial charge < -0.3 is 14.1 Å². The molecule has 0 radical (unpaired) electrons. The number of pyridine rings is 1. The first kappa shape index (κ1) is 17.8. The number of aromatic nitrogens is 3. The molecule has 0 aliphatic carbocycles. The lowest BCUT2D eigenvalue weighted by Gasteiger charge is -2.14. The number of carboxylic acid groups (broad SMARTS) is 1. The van der Waals surface area contributed by atoms with E-state index in [4.69, 9.17) is 4.42 Å². The summed E-state index contributed by atoms with van der Waals surface area (Å²) in [6.45, 7) is 2.00. The predicted molar refractivity (Wildman–Crippen MR) is 105 cm³/mol. The smallest absolute Gasteiger partial charge is 0.340 e. The number of benzene rings is 1. The number of carboxylic acids is 1. The van der Waals surface area contributed by atoms with Gasteiger partial charge in [0, 0.05) is 38.0 Å². The number of nitrogens with zero attached hydrogens (tertiary/aromatic N) is 3. The SMILES string of the molecule is CC(c1ccccc1)c1cn(C)c(=O)c2c(C(=O)O)c(-c3cnn(C)c3)oc12. The van der Waals surface area contributed by atoms with E-state index in [1.54, 1.807) is 31.2 Å². The molecule has 3 heterocycles. The Hall–Kier alpha value is -3.61. The van der Waals surface area contributed by atoms with Crippen LogP contribution in [0.2, 0.25) is 0 Å². The highest BCUT2D eigenvalue weighted by Gasteiger charge is 2.28. The summed E-state index contributed by atoms with van der Waals surface area (Å²) < 4.78 is 8.99. The molecule has 0 aliphatic rings. The maximum absolute atomic E-state index is 12.8. The minimum absolute atomic E-state index is 0.0779. The van der Waals surface area contributed by atoms with Crippen LogP contribution in [0.25, 0.3) is 22.3 Å². The predicted octanol–water partition coefficient (Wildman–Crippen LogP) is 3.38. The van der Waals surface area contributed by atoms with E-state index in [9.17, 15) is 14.7 Å². The van der Waals surface area contributed by atoms with Gasteiger partial charge >= 0.3 is 5.97 Å². The quantitative estimate of drug-likeness (QED) is 0.589. The molecule has 0 saturated carbocycles. The molecule has 4 aromatic rings. The average Bonchev–Trinajstić information content (AvgIpc) is 3.28. The number of furan rings is 1. The molecule has 142 valence electrons. The minimum Gasteiger partial charge on any atom is -0.478 e. The second kappa shape index (κ2) is 6.53. The summed E-state index contributed by atoms with van der Waals surface area (Å²) in [6.07, 6.45) is 4.90.